The second-order valence-electron chi connectivity index (χ2n) is 3.59. The molecule has 0 aliphatic heterocycles. The van der Waals surface area contributed by atoms with Crippen LogP contribution in [-0.2, 0) is 0 Å². The Labute approximate surface area is 91.5 Å². The summed E-state index contributed by atoms with van der Waals surface area (Å²) in [7, 11) is 0. The molecule has 0 amide bonds. The molecule has 0 aliphatic carbocycles. The van der Waals surface area contributed by atoms with Gasteiger partial charge in [-0.1, -0.05) is 13.8 Å². The van der Waals surface area contributed by atoms with E-state index in [9.17, 15) is 0 Å². The van der Waals surface area contributed by atoms with E-state index in [0.29, 0.717) is 22.2 Å². The van der Waals surface area contributed by atoms with Crippen LogP contribution in [0.2, 0.25) is 0 Å². The van der Waals surface area contributed by atoms with Crippen molar-refractivity contribution in [3.63, 3.8) is 0 Å². The van der Waals surface area contributed by atoms with Crippen molar-refractivity contribution in [1.29, 1.82) is 0 Å². The first-order valence-corrected chi connectivity index (χ1v) is 4.98. The summed E-state index contributed by atoms with van der Waals surface area (Å²) in [6, 6.07) is 1.92. The molecule has 0 spiro atoms. The number of nitrogens with one attached hydrogen (secondary N) is 2. The van der Waals surface area contributed by atoms with E-state index in [1.54, 1.807) is 0 Å². The Morgan fingerprint density at radius 3 is 2.60 bits per heavy atom. The van der Waals surface area contributed by atoms with E-state index < -0.39 is 0 Å². The molecule has 2 aromatic rings. The molecule has 2 aromatic heterocycles. The van der Waals surface area contributed by atoms with Crippen molar-refractivity contribution in [1.82, 2.24) is 25.1 Å². The van der Waals surface area contributed by atoms with Crippen molar-refractivity contribution in [2.24, 2.45) is 0 Å². The van der Waals surface area contributed by atoms with Crippen LogP contribution in [-0.4, -0.2) is 25.1 Å². The Hall–Kier alpha value is -1.63. The predicted molar refractivity (Wildman–Crippen MR) is 59.2 cm³/mol. The van der Waals surface area contributed by atoms with Gasteiger partial charge in [0.15, 0.2) is 0 Å². The minimum absolute atomic E-state index is 0.374. The Bertz CT molecular complexity index is 519. The molecule has 0 saturated carbocycles. The number of nitrogens with two attached hydrogens (primary N) is 1. The molecule has 7 heteroatoms. The molecule has 2 heterocycles. The maximum absolute atomic E-state index is 5.68. The molecule has 0 radical (unpaired) electrons. The molecular weight excluding hydrogens is 212 g/mol. The molecule has 0 fully saturated rings. The smallest absolute Gasteiger partial charge is 0.214 e. The monoisotopic (exact) mass is 224 g/mol. The fraction of sp³-hybridized carbons (Fsp3) is 0.375. The lowest BCUT2D eigenvalue weighted by atomic mass is 10.1. The van der Waals surface area contributed by atoms with Crippen LogP contribution in [0.4, 0.5) is 0 Å². The molecule has 2 rings (SSSR count). The van der Waals surface area contributed by atoms with Crippen molar-refractivity contribution in [2.45, 2.75) is 19.8 Å². The normalized spacial score (nSPS) is 11.1. The summed E-state index contributed by atoms with van der Waals surface area (Å²) in [4.78, 5) is 0. The van der Waals surface area contributed by atoms with Gasteiger partial charge in [-0.25, -0.2) is 9.77 Å². The number of nitrogen functional groups attached to an aromatic ring is 1. The van der Waals surface area contributed by atoms with Gasteiger partial charge >= 0.3 is 0 Å². The fourth-order valence-corrected chi connectivity index (χ4v) is 1.36. The number of rotatable bonds is 2. The fourth-order valence-electron chi connectivity index (χ4n) is 1.23. The van der Waals surface area contributed by atoms with E-state index in [0.717, 1.165) is 5.69 Å². The van der Waals surface area contributed by atoms with Gasteiger partial charge in [0, 0.05) is 5.69 Å². The molecule has 6 nitrogen and oxygen atoms in total. The third-order valence-electron chi connectivity index (χ3n) is 2.15. The standard InChI is InChI=1S/C8H12N6S/c1-4(2)5-3-6(11-10-5)7-12-13-8(15)14(7)9/h3-4H,9H2,1-2H3,(H,10,11)(H,13,15). The van der Waals surface area contributed by atoms with Crippen molar-refractivity contribution in [2.75, 3.05) is 5.84 Å². The largest absolute Gasteiger partial charge is 0.335 e. The van der Waals surface area contributed by atoms with E-state index in [1.165, 1.54) is 4.68 Å². The molecule has 0 aliphatic rings. The van der Waals surface area contributed by atoms with E-state index in [-0.39, 0.29) is 0 Å². The van der Waals surface area contributed by atoms with Gasteiger partial charge in [0.2, 0.25) is 10.6 Å². The average Bonchev–Trinajstić information content (AvgIpc) is 2.76. The summed E-state index contributed by atoms with van der Waals surface area (Å²) in [5.74, 6) is 6.60. The highest BCUT2D eigenvalue weighted by Crippen LogP contribution is 2.18. The van der Waals surface area contributed by atoms with Crippen molar-refractivity contribution in [3.05, 3.63) is 16.5 Å². The quantitative estimate of drug-likeness (QED) is 0.527. The number of H-pyrrole nitrogens is 2. The lowest BCUT2D eigenvalue weighted by molar-refractivity contribution is 0.810. The maximum atomic E-state index is 5.68. The predicted octanol–water partition coefficient (Wildman–Crippen LogP) is 1.17. The topological polar surface area (TPSA) is 88.3 Å². The Morgan fingerprint density at radius 1 is 1.40 bits per heavy atom. The summed E-state index contributed by atoms with van der Waals surface area (Å²) in [5, 5.41) is 13.7. The van der Waals surface area contributed by atoms with Crippen LogP contribution in [0, 0.1) is 4.77 Å². The van der Waals surface area contributed by atoms with Crippen LogP contribution < -0.4 is 5.84 Å². The first-order chi connectivity index (χ1) is 7.09. The minimum Gasteiger partial charge on any atom is -0.335 e. The summed E-state index contributed by atoms with van der Waals surface area (Å²) in [6.45, 7) is 4.16. The van der Waals surface area contributed by atoms with E-state index >= 15 is 0 Å². The van der Waals surface area contributed by atoms with Crippen LogP contribution in [0.1, 0.15) is 25.5 Å². The van der Waals surface area contributed by atoms with Crippen molar-refractivity contribution < 1.29 is 0 Å². The van der Waals surface area contributed by atoms with Crippen LogP contribution in [0.5, 0.6) is 0 Å². The molecule has 0 aromatic carbocycles. The summed E-state index contributed by atoms with van der Waals surface area (Å²) >= 11 is 4.91. The first-order valence-electron chi connectivity index (χ1n) is 4.57. The number of aromatic nitrogens is 5. The minimum atomic E-state index is 0.374. The average molecular weight is 224 g/mol. The Kier molecular flexibility index (Phi) is 2.31. The second-order valence-corrected chi connectivity index (χ2v) is 3.97. The summed E-state index contributed by atoms with van der Waals surface area (Å²) in [5.41, 5.74) is 1.73. The van der Waals surface area contributed by atoms with Gasteiger partial charge in [-0.3, -0.25) is 5.10 Å². The number of hydrogen-bond acceptors (Lipinski definition) is 4. The molecular formula is C8H12N6S. The second kappa shape index (κ2) is 3.50. The van der Waals surface area contributed by atoms with Crippen LogP contribution in [0.3, 0.4) is 0 Å². The van der Waals surface area contributed by atoms with Crippen LogP contribution in [0.15, 0.2) is 6.07 Å². The number of aromatic amines is 2. The zero-order chi connectivity index (χ0) is 11.0. The van der Waals surface area contributed by atoms with E-state index in [2.05, 4.69) is 34.2 Å². The molecule has 4 N–H and O–H groups in total. The van der Waals surface area contributed by atoms with Crippen molar-refractivity contribution >= 4 is 12.2 Å². The third kappa shape index (κ3) is 1.65. The Morgan fingerprint density at radius 2 is 2.13 bits per heavy atom. The summed E-state index contributed by atoms with van der Waals surface area (Å²) < 4.78 is 1.68. The molecule has 0 atom stereocenters. The van der Waals surface area contributed by atoms with Gasteiger partial charge in [0.05, 0.1) is 0 Å². The van der Waals surface area contributed by atoms with Gasteiger partial charge < -0.3 is 5.84 Å². The van der Waals surface area contributed by atoms with E-state index in [1.807, 2.05) is 6.07 Å². The van der Waals surface area contributed by atoms with Gasteiger partial charge in [-0.2, -0.15) is 10.2 Å². The molecule has 0 bridgehead atoms. The zero-order valence-corrected chi connectivity index (χ0v) is 9.30. The highest BCUT2D eigenvalue weighted by atomic mass is 32.1. The number of nitrogens with zero attached hydrogens (tertiary/aromatic N) is 3. The lowest BCUT2D eigenvalue weighted by Gasteiger charge is -1.96. The van der Waals surface area contributed by atoms with Crippen LogP contribution >= 0.6 is 12.2 Å². The van der Waals surface area contributed by atoms with Gasteiger partial charge in [0.1, 0.15) is 5.69 Å². The van der Waals surface area contributed by atoms with Gasteiger partial charge in [0.25, 0.3) is 0 Å². The molecule has 80 valence electrons. The van der Waals surface area contributed by atoms with E-state index in [4.69, 9.17) is 18.1 Å². The van der Waals surface area contributed by atoms with Gasteiger partial charge in [-0.15, -0.1) is 0 Å². The van der Waals surface area contributed by atoms with Gasteiger partial charge in [-0.05, 0) is 24.2 Å². The number of hydrogen-bond donors (Lipinski definition) is 3. The van der Waals surface area contributed by atoms with Crippen molar-refractivity contribution in [3.8, 4) is 11.5 Å². The molecule has 0 saturated heterocycles. The lowest BCUT2D eigenvalue weighted by Crippen LogP contribution is -2.09. The third-order valence-corrected chi connectivity index (χ3v) is 2.44. The SMILES string of the molecule is CC(C)c1cc(-c2n[nH]c(=S)n2N)n[nH]1. The molecule has 15 heavy (non-hydrogen) atoms. The zero-order valence-electron chi connectivity index (χ0n) is 8.48. The molecule has 0 unspecified atom stereocenters. The summed E-state index contributed by atoms with van der Waals surface area (Å²) in [6.07, 6.45) is 0. The highest BCUT2D eigenvalue weighted by Gasteiger charge is 2.11. The van der Waals surface area contributed by atoms with Crippen LogP contribution in [0.25, 0.3) is 11.5 Å². The Balaban J connectivity index is 2.46. The highest BCUT2D eigenvalue weighted by molar-refractivity contribution is 7.71. The maximum Gasteiger partial charge on any atom is 0.214 e. The first kappa shape index (κ1) is 9.91.